The Hall–Kier alpha value is -2.70. The number of imidazole rings is 1. The smallest absolute Gasteiger partial charge is 0.340 e. The molecule has 0 spiro atoms. The van der Waals surface area contributed by atoms with Crippen LogP contribution in [0.3, 0.4) is 0 Å². The monoisotopic (exact) mass is 366 g/mol. The van der Waals surface area contributed by atoms with E-state index in [9.17, 15) is 4.79 Å². The molecule has 0 unspecified atom stereocenters. The van der Waals surface area contributed by atoms with Crippen molar-refractivity contribution in [2.75, 3.05) is 0 Å². The van der Waals surface area contributed by atoms with Crippen molar-refractivity contribution >= 4 is 45.9 Å². The van der Waals surface area contributed by atoms with Gasteiger partial charge in [0.25, 0.3) is 0 Å². The Bertz CT molecular complexity index is 982. The number of nitrogens with zero attached hydrogens (tertiary/aromatic N) is 2. The first-order valence-electron chi connectivity index (χ1n) is 7.68. The molecule has 4 heterocycles. The van der Waals surface area contributed by atoms with Crippen LogP contribution in [0.25, 0.3) is 17.3 Å². The van der Waals surface area contributed by atoms with Gasteiger partial charge in [-0.25, -0.2) is 9.78 Å². The largest absolute Gasteiger partial charge is 0.455 e. The molecular formula is C19H14N2O2S2. The van der Waals surface area contributed by atoms with Crippen LogP contribution >= 0.6 is 22.7 Å². The summed E-state index contributed by atoms with van der Waals surface area (Å²) in [5.41, 5.74) is 2.13. The Kier molecular flexibility index (Phi) is 4.45. The Labute approximate surface area is 152 Å². The van der Waals surface area contributed by atoms with Gasteiger partial charge in [-0.1, -0.05) is 18.2 Å². The molecule has 25 heavy (non-hydrogen) atoms. The van der Waals surface area contributed by atoms with Crippen LogP contribution in [-0.2, 0) is 16.1 Å². The van der Waals surface area contributed by atoms with E-state index in [-0.39, 0.29) is 12.6 Å². The van der Waals surface area contributed by atoms with Crippen molar-refractivity contribution in [2.24, 2.45) is 0 Å². The second-order valence-electron chi connectivity index (χ2n) is 5.33. The number of ether oxygens (including phenoxy) is 1. The number of hydrogen-bond donors (Lipinski definition) is 0. The van der Waals surface area contributed by atoms with Gasteiger partial charge in [-0.2, -0.15) is 0 Å². The van der Waals surface area contributed by atoms with Gasteiger partial charge in [0, 0.05) is 22.1 Å². The summed E-state index contributed by atoms with van der Waals surface area (Å²) in [6.45, 7) is 0.146. The Balaban J connectivity index is 1.54. The average Bonchev–Trinajstić information content (AvgIpc) is 3.38. The van der Waals surface area contributed by atoms with Crippen molar-refractivity contribution in [3.63, 3.8) is 0 Å². The number of fused-ring (bicyclic) bond motifs is 1. The van der Waals surface area contributed by atoms with Crippen LogP contribution in [0, 0.1) is 0 Å². The summed E-state index contributed by atoms with van der Waals surface area (Å²) in [5, 5.41) is 3.94. The Morgan fingerprint density at radius 3 is 2.76 bits per heavy atom. The molecule has 0 N–H and O–H groups in total. The molecule has 6 heteroatoms. The zero-order valence-electron chi connectivity index (χ0n) is 13.2. The molecule has 0 aromatic carbocycles. The molecule has 0 amide bonds. The van der Waals surface area contributed by atoms with Crippen LogP contribution in [0.15, 0.2) is 65.6 Å². The van der Waals surface area contributed by atoms with Crippen LogP contribution in [0.1, 0.15) is 15.4 Å². The Morgan fingerprint density at radius 2 is 2.00 bits per heavy atom. The van der Waals surface area contributed by atoms with Gasteiger partial charge < -0.3 is 9.14 Å². The van der Waals surface area contributed by atoms with E-state index < -0.39 is 0 Å². The standard InChI is InChI=1S/C19H14N2O2S2/c22-19(23-13-14-12-21-8-2-1-7-18(21)20-14)16(17-6-4-10-25-17)11-15-5-3-9-24-15/h1-12H,13H2/b16-11+. The van der Waals surface area contributed by atoms with Crippen molar-refractivity contribution < 1.29 is 9.53 Å². The molecule has 0 bridgehead atoms. The summed E-state index contributed by atoms with van der Waals surface area (Å²) < 4.78 is 7.43. The van der Waals surface area contributed by atoms with Crippen LogP contribution in [0.2, 0.25) is 0 Å². The van der Waals surface area contributed by atoms with Gasteiger partial charge >= 0.3 is 5.97 Å². The maximum absolute atomic E-state index is 12.6. The minimum absolute atomic E-state index is 0.146. The number of rotatable bonds is 5. The fraction of sp³-hybridized carbons (Fsp3) is 0.0526. The maximum atomic E-state index is 12.6. The highest BCUT2D eigenvalue weighted by atomic mass is 32.1. The van der Waals surface area contributed by atoms with E-state index in [0.29, 0.717) is 5.57 Å². The molecule has 4 aromatic rings. The molecule has 0 aliphatic rings. The number of hydrogen-bond acceptors (Lipinski definition) is 5. The van der Waals surface area contributed by atoms with Crippen molar-refractivity contribution in [3.05, 3.63) is 81.1 Å². The molecule has 0 atom stereocenters. The van der Waals surface area contributed by atoms with Crippen molar-refractivity contribution in [2.45, 2.75) is 6.61 Å². The van der Waals surface area contributed by atoms with Crippen LogP contribution in [-0.4, -0.2) is 15.4 Å². The first-order valence-corrected chi connectivity index (χ1v) is 9.44. The van der Waals surface area contributed by atoms with Gasteiger partial charge in [0.1, 0.15) is 12.3 Å². The van der Waals surface area contributed by atoms with E-state index in [2.05, 4.69) is 4.98 Å². The number of pyridine rings is 1. The molecular weight excluding hydrogens is 352 g/mol. The Morgan fingerprint density at radius 1 is 1.12 bits per heavy atom. The number of esters is 1. The van der Waals surface area contributed by atoms with E-state index in [1.165, 1.54) is 11.3 Å². The molecule has 0 aliphatic heterocycles. The minimum Gasteiger partial charge on any atom is -0.455 e. The van der Waals surface area contributed by atoms with E-state index >= 15 is 0 Å². The highest BCUT2D eigenvalue weighted by Crippen LogP contribution is 2.26. The maximum Gasteiger partial charge on any atom is 0.340 e. The van der Waals surface area contributed by atoms with Gasteiger partial charge in [0.05, 0.1) is 11.3 Å². The third kappa shape index (κ3) is 3.55. The highest BCUT2D eigenvalue weighted by molar-refractivity contribution is 7.12. The summed E-state index contributed by atoms with van der Waals surface area (Å²) >= 11 is 3.11. The predicted octanol–water partition coefficient (Wildman–Crippen LogP) is 4.74. The lowest BCUT2D eigenvalue weighted by Crippen LogP contribution is -2.06. The predicted molar refractivity (Wildman–Crippen MR) is 101 cm³/mol. The lowest BCUT2D eigenvalue weighted by atomic mass is 10.2. The zero-order chi connectivity index (χ0) is 17.1. The number of carbonyl (C=O) groups is 1. The molecule has 4 nitrogen and oxygen atoms in total. The van der Waals surface area contributed by atoms with Crippen LogP contribution in [0.4, 0.5) is 0 Å². The number of carbonyl (C=O) groups excluding carboxylic acids is 1. The summed E-state index contributed by atoms with van der Waals surface area (Å²) in [5.74, 6) is -0.340. The molecule has 0 saturated carbocycles. The van der Waals surface area contributed by atoms with Gasteiger partial charge in [-0.15, -0.1) is 22.7 Å². The summed E-state index contributed by atoms with van der Waals surface area (Å²) in [6, 6.07) is 13.6. The van der Waals surface area contributed by atoms with E-state index in [4.69, 9.17) is 4.74 Å². The average molecular weight is 366 g/mol. The van der Waals surface area contributed by atoms with Crippen molar-refractivity contribution in [1.29, 1.82) is 0 Å². The number of aromatic nitrogens is 2. The lowest BCUT2D eigenvalue weighted by molar-refractivity contribution is -0.137. The summed E-state index contributed by atoms with van der Waals surface area (Å²) in [6.07, 6.45) is 5.67. The second kappa shape index (κ2) is 7.04. The van der Waals surface area contributed by atoms with Crippen LogP contribution in [0.5, 0.6) is 0 Å². The third-order valence-corrected chi connectivity index (χ3v) is 5.32. The van der Waals surface area contributed by atoms with Gasteiger partial charge in [0.2, 0.25) is 0 Å². The zero-order valence-corrected chi connectivity index (χ0v) is 14.8. The van der Waals surface area contributed by atoms with Gasteiger partial charge in [-0.3, -0.25) is 0 Å². The highest BCUT2D eigenvalue weighted by Gasteiger charge is 2.16. The van der Waals surface area contributed by atoms with Crippen LogP contribution < -0.4 is 0 Å². The molecule has 0 radical (unpaired) electrons. The van der Waals surface area contributed by atoms with Crippen molar-refractivity contribution in [3.8, 4) is 0 Å². The quantitative estimate of drug-likeness (QED) is 0.378. The minimum atomic E-state index is -0.340. The third-order valence-electron chi connectivity index (χ3n) is 3.60. The fourth-order valence-corrected chi connectivity index (χ4v) is 3.84. The molecule has 0 fully saturated rings. The normalized spacial score (nSPS) is 11.8. The van der Waals surface area contributed by atoms with Gasteiger partial charge in [0.15, 0.2) is 0 Å². The molecule has 4 aromatic heterocycles. The second-order valence-corrected chi connectivity index (χ2v) is 7.25. The number of thiophene rings is 2. The molecule has 124 valence electrons. The van der Waals surface area contributed by atoms with Crippen molar-refractivity contribution in [1.82, 2.24) is 9.38 Å². The topological polar surface area (TPSA) is 43.6 Å². The van der Waals surface area contributed by atoms with E-state index in [1.807, 2.05) is 76.1 Å². The molecule has 0 aliphatic carbocycles. The SMILES string of the molecule is O=C(OCc1cn2ccccc2n1)/C(=C/c1cccs1)c1cccs1. The fourth-order valence-electron chi connectivity index (χ4n) is 2.45. The molecule has 4 rings (SSSR count). The summed E-state index contributed by atoms with van der Waals surface area (Å²) in [4.78, 5) is 19.0. The van der Waals surface area contributed by atoms with Gasteiger partial charge in [-0.05, 0) is 41.1 Å². The first-order chi connectivity index (χ1) is 12.3. The molecule has 0 saturated heterocycles. The summed E-state index contributed by atoms with van der Waals surface area (Å²) in [7, 11) is 0. The lowest BCUT2D eigenvalue weighted by Gasteiger charge is -2.05. The van der Waals surface area contributed by atoms with E-state index in [1.54, 1.807) is 11.3 Å². The van der Waals surface area contributed by atoms with E-state index in [0.717, 1.165) is 21.1 Å². The first kappa shape index (κ1) is 15.8.